The number of aromatic nitrogens is 2. The van der Waals surface area contributed by atoms with Crippen molar-refractivity contribution in [3.8, 4) is 28.7 Å². The van der Waals surface area contributed by atoms with Crippen molar-refractivity contribution in [1.82, 2.24) is 9.55 Å². The van der Waals surface area contributed by atoms with E-state index in [9.17, 15) is 19.7 Å². The van der Waals surface area contributed by atoms with Crippen LogP contribution in [-0.4, -0.2) is 31.5 Å². The smallest absolute Gasteiger partial charge is 0.165 e. The largest absolute Gasteiger partial charge is 0.505 e. The quantitative estimate of drug-likeness (QED) is 0.620. The molecule has 0 unspecified atom stereocenters. The maximum atomic E-state index is 13.5. The van der Waals surface area contributed by atoms with Crippen molar-refractivity contribution in [2.75, 3.05) is 6.61 Å². The van der Waals surface area contributed by atoms with Gasteiger partial charge in [0, 0.05) is 18.0 Å². The zero-order valence-corrected chi connectivity index (χ0v) is 14.7. The first-order valence-corrected chi connectivity index (χ1v) is 8.41. The van der Waals surface area contributed by atoms with E-state index in [1.54, 1.807) is 42.1 Å². The highest BCUT2D eigenvalue weighted by Gasteiger charge is 2.14. The second-order valence-electron chi connectivity index (χ2n) is 6.08. The summed E-state index contributed by atoms with van der Waals surface area (Å²) in [6.45, 7) is 1.39. The highest BCUT2D eigenvalue weighted by atomic mass is 19.1. The number of hydrogen-bond donors (Lipinski definition) is 3. The molecule has 0 bridgehead atoms. The average molecular weight is 366 g/mol. The second kappa shape index (κ2) is 8.04. The Morgan fingerprint density at radius 2 is 1.85 bits per heavy atom. The van der Waals surface area contributed by atoms with E-state index < -0.39 is 18.0 Å². The van der Waals surface area contributed by atoms with E-state index >= 15 is 0 Å². The van der Waals surface area contributed by atoms with Crippen LogP contribution < -0.4 is 0 Å². The summed E-state index contributed by atoms with van der Waals surface area (Å²) in [6.07, 6.45) is 2.46. The van der Waals surface area contributed by atoms with E-state index in [0.29, 0.717) is 11.4 Å². The Morgan fingerprint density at radius 1 is 1.15 bits per heavy atom. The Labute approximate surface area is 156 Å². The molecule has 6 heteroatoms. The first-order chi connectivity index (χ1) is 13.0. The number of phenolic OH excluding ortho intramolecular Hbond substituents is 1. The number of aliphatic hydroxyl groups excluding tert-OH is 2. The highest BCUT2D eigenvalue weighted by Crippen LogP contribution is 2.25. The lowest BCUT2D eigenvalue weighted by molar-refractivity contribution is 0.176. The molecule has 0 fully saturated rings. The van der Waals surface area contributed by atoms with Crippen molar-refractivity contribution < 1.29 is 19.7 Å². The monoisotopic (exact) mass is 366 g/mol. The van der Waals surface area contributed by atoms with Gasteiger partial charge >= 0.3 is 0 Å². The van der Waals surface area contributed by atoms with E-state index in [2.05, 4.69) is 16.8 Å². The summed E-state index contributed by atoms with van der Waals surface area (Å²) in [5, 5.41) is 28.7. The van der Waals surface area contributed by atoms with Crippen LogP contribution in [0.15, 0.2) is 54.9 Å². The zero-order valence-electron chi connectivity index (χ0n) is 14.7. The Bertz CT molecular complexity index is 985. The molecule has 3 rings (SSSR count). The third-order valence-corrected chi connectivity index (χ3v) is 4.13. The van der Waals surface area contributed by atoms with Gasteiger partial charge in [-0.15, -0.1) is 0 Å². The van der Waals surface area contributed by atoms with Crippen LogP contribution in [0.1, 0.15) is 30.5 Å². The molecule has 1 aromatic heterocycles. The lowest BCUT2D eigenvalue weighted by Crippen LogP contribution is -2.15. The van der Waals surface area contributed by atoms with Crippen molar-refractivity contribution >= 4 is 0 Å². The van der Waals surface area contributed by atoms with Crippen molar-refractivity contribution in [2.45, 2.75) is 19.1 Å². The van der Waals surface area contributed by atoms with Gasteiger partial charge in [-0.25, -0.2) is 9.37 Å². The van der Waals surface area contributed by atoms with Gasteiger partial charge < -0.3 is 19.9 Å². The number of benzene rings is 2. The first kappa shape index (κ1) is 18.6. The molecule has 0 aliphatic heterocycles. The molecule has 0 amide bonds. The fourth-order valence-corrected chi connectivity index (χ4v) is 2.71. The van der Waals surface area contributed by atoms with Crippen LogP contribution in [0, 0.1) is 17.7 Å². The van der Waals surface area contributed by atoms with E-state index in [-0.39, 0.29) is 12.4 Å². The predicted molar refractivity (Wildman–Crippen MR) is 99.4 cm³/mol. The van der Waals surface area contributed by atoms with Crippen LogP contribution in [-0.2, 0) is 0 Å². The standard InChI is InChI=1S/C21H19FN2O3/c1-14(26)21-23-10-11-24(21)18(13-25)8-4-15-2-5-16(6-3-15)17-7-9-20(27)19(22)12-17/h2-3,5-7,9-12,14,18,25-27H,13H2,1H3/t14-,18-/m0/s1. The van der Waals surface area contributed by atoms with Gasteiger partial charge in [0.1, 0.15) is 18.0 Å². The second-order valence-corrected chi connectivity index (χ2v) is 6.08. The molecule has 0 aliphatic carbocycles. The van der Waals surface area contributed by atoms with Gasteiger partial charge in [-0.1, -0.05) is 30.0 Å². The number of hydrogen-bond acceptors (Lipinski definition) is 4. The number of aromatic hydroxyl groups is 1. The summed E-state index contributed by atoms with van der Waals surface area (Å²) in [6, 6.07) is 10.9. The number of rotatable bonds is 4. The summed E-state index contributed by atoms with van der Waals surface area (Å²) in [7, 11) is 0. The van der Waals surface area contributed by atoms with Crippen molar-refractivity contribution in [2.24, 2.45) is 0 Å². The molecule has 3 N–H and O–H groups in total. The molecule has 27 heavy (non-hydrogen) atoms. The summed E-state index contributed by atoms with van der Waals surface area (Å²) in [5.74, 6) is 5.36. The Morgan fingerprint density at radius 3 is 2.48 bits per heavy atom. The van der Waals surface area contributed by atoms with Crippen molar-refractivity contribution in [3.05, 3.63) is 72.1 Å². The van der Waals surface area contributed by atoms with Crippen LogP contribution in [0.5, 0.6) is 5.75 Å². The zero-order chi connectivity index (χ0) is 19.4. The Balaban J connectivity index is 1.82. The Kier molecular flexibility index (Phi) is 5.55. The average Bonchev–Trinajstić information content (AvgIpc) is 3.15. The highest BCUT2D eigenvalue weighted by molar-refractivity contribution is 5.65. The molecule has 2 atom stereocenters. The number of imidazole rings is 1. The fourth-order valence-electron chi connectivity index (χ4n) is 2.71. The van der Waals surface area contributed by atoms with Crippen LogP contribution in [0.3, 0.4) is 0 Å². The van der Waals surface area contributed by atoms with Gasteiger partial charge in [-0.2, -0.15) is 0 Å². The van der Waals surface area contributed by atoms with Crippen LogP contribution in [0.2, 0.25) is 0 Å². The van der Waals surface area contributed by atoms with E-state index in [1.807, 2.05) is 12.1 Å². The maximum Gasteiger partial charge on any atom is 0.165 e. The number of phenols is 1. The number of aliphatic hydroxyl groups is 2. The fraction of sp³-hybridized carbons (Fsp3) is 0.190. The molecule has 5 nitrogen and oxygen atoms in total. The number of nitrogens with zero attached hydrogens (tertiary/aromatic N) is 2. The van der Waals surface area contributed by atoms with Gasteiger partial charge in [0.2, 0.25) is 0 Å². The summed E-state index contributed by atoms with van der Waals surface area (Å²) >= 11 is 0. The summed E-state index contributed by atoms with van der Waals surface area (Å²) in [4.78, 5) is 4.08. The molecule has 138 valence electrons. The SMILES string of the molecule is C[C@H](O)c1nccn1[C@@H](C#Cc1ccc(-c2ccc(O)c(F)c2)cc1)CO. The molecule has 3 aromatic rings. The molecule has 0 saturated heterocycles. The molecule has 0 radical (unpaired) electrons. The van der Waals surface area contributed by atoms with Gasteiger partial charge in [0.15, 0.2) is 11.6 Å². The molecule has 0 saturated carbocycles. The normalized spacial score (nSPS) is 12.9. The van der Waals surface area contributed by atoms with Gasteiger partial charge in [0.25, 0.3) is 0 Å². The Hall–Kier alpha value is -3.14. The first-order valence-electron chi connectivity index (χ1n) is 8.41. The van der Waals surface area contributed by atoms with Gasteiger partial charge in [0.05, 0.1) is 6.61 Å². The minimum absolute atomic E-state index is 0.214. The minimum atomic E-state index is -0.763. The molecule has 0 spiro atoms. The van der Waals surface area contributed by atoms with Crippen LogP contribution in [0.25, 0.3) is 11.1 Å². The van der Waals surface area contributed by atoms with Gasteiger partial charge in [-0.3, -0.25) is 0 Å². The third-order valence-electron chi connectivity index (χ3n) is 4.13. The predicted octanol–water partition coefficient (Wildman–Crippen LogP) is 3.03. The third kappa shape index (κ3) is 4.17. The van der Waals surface area contributed by atoms with Crippen molar-refractivity contribution in [1.29, 1.82) is 0 Å². The maximum absolute atomic E-state index is 13.5. The summed E-state index contributed by atoms with van der Waals surface area (Å²) < 4.78 is 15.1. The van der Waals surface area contributed by atoms with E-state index in [4.69, 9.17) is 0 Å². The van der Waals surface area contributed by atoms with E-state index in [1.165, 1.54) is 12.1 Å². The van der Waals surface area contributed by atoms with Gasteiger partial charge in [-0.05, 0) is 42.3 Å². The van der Waals surface area contributed by atoms with Crippen LogP contribution >= 0.6 is 0 Å². The lowest BCUT2D eigenvalue weighted by atomic mass is 10.0. The molecule has 2 aromatic carbocycles. The van der Waals surface area contributed by atoms with E-state index in [0.717, 1.165) is 11.1 Å². The molecule has 1 heterocycles. The van der Waals surface area contributed by atoms with Crippen molar-refractivity contribution in [3.63, 3.8) is 0 Å². The molecular formula is C21H19FN2O3. The summed E-state index contributed by atoms with van der Waals surface area (Å²) in [5.41, 5.74) is 2.18. The topological polar surface area (TPSA) is 78.5 Å². The minimum Gasteiger partial charge on any atom is -0.505 e. The van der Waals surface area contributed by atoms with Crippen LogP contribution in [0.4, 0.5) is 4.39 Å². The molecular weight excluding hydrogens is 347 g/mol. The molecule has 0 aliphatic rings. The number of halogens is 1. The lowest BCUT2D eigenvalue weighted by Gasteiger charge is -2.14.